The van der Waals surface area contributed by atoms with E-state index in [1.165, 1.54) is 7.11 Å². The van der Waals surface area contributed by atoms with Crippen LogP contribution in [0.5, 0.6) is 0 Å². The van der Waals surface area contributed by atoms with E-state index >= 15 is 0 Å². The monoisotopic (exact) mass is 223 g/mol. The summed E-state index contributed by atoms with van der Waals surface area (Å²) in [7, 11) is 1.24. The van der Waals surface area contributed by atoms with Crippen LogP contribution in [0.3, 0.4) is 0 Å². The maximum atomic E-state index is 13.8. The van der Waals surface area contributed by atoms with Crippen molar-refractivity contribution in [3.8, 4) is 11.3 Å². The average molecular weight is 223 g/mol. The van der Waals surface area contributed by atoms with Crippen LogP contribution in [-0.2, 0) is 4.74 Å². The van der Waals surface area contributed by atoms with Crippen LogP contribution in [0.1, 0.15) is 12.1 Å². The van der Waals surface area contributed by atoms with Crippen molar-refractivity contribution in [2.75, 3.05) is 7.11 Å². The Labute approximate surface area is 91.3 Å². The lowest BCUT2D eigenvalue weighted by atomic mass is 10.1. The Balaban J connectivity index is 2.41. The molecular weight excluding hydrogens is 213 g/mol. The van der Waals surface area contributed by atoms with E-state index in [2.05, 4.69) is 9.89 Å². The zero-order valence-electron chi connectivity index (χ0n) is 8.55. The largest absolute Gasteiger partial charge is 0.362 e. The summed E-state index contributed by atoms with van der Waals surface area (Å²) in [5.41, 5.74) is 0.644. The minimum Gasteiger partial charge on any atom is -0.362 e. The second-order valence-corrected chi connectivity index (χ2v) is 3.16. The topological polar surface area (TPSA) is 55.5 Å². The number of nitrogens with zero attached hydrogens (tertiary/aromatic N) is 1. The molecule has 0 fully saturated rings. The first-order valence-corrected chi connectivity index (χ1v) is 4.65. The van der Waals surface area contributed by atoms with E-state index in [0.29, 0.717) is 5.56 Å². The molecule has 0 spiro atoms. The zero-order valence-corrected chi connectivity index (χ0v) is 8.55. The summed E-state index contributed by atoms with van der Waals surface area (Å²) in [6.45, 7) is 0. The highest BCUT2D eigenvalue weighted by molar-refractivity contribution is 5.59. The fourth-order valence-corrected chi connectivity index (χ4v) is 1.33. The fourth-order valence-electron chi connectivity index (χ4n) is 1.33. The highest BCUT2D eigenvalue weighted by Crippen LogP contribution is 2.27. The fraction of sp³-hybridized carbons (Fsp3) is 0.182. The third-order valence-corrected chi connectivity index (χ3v) is 2.15. The molecule has 2 rings (SSSR count). The predicted octanol–water partition coefficient (Wildman–Crippen LogP) is 2.12. The van der Waals surface area contributed by atoms with Crippen LogP contribution in [0.4, 0.5) is 4.39 Å². The first-order valence-electron chi connectivity index (χ1n) is 4.65. The van der Waals surface area contributed by atoms with Crippen LogP contribution >= 0.6 is 0 Å². The van der Waals surface area contributed by atoms with Crippen LogP contribution in [0, 0.1) is 5.82 Å². The number of hydrogen-bond acceptors (Lipinski definition) is 4. The standard InChI is InChI=1S/C11H10FNO3/c1-15-11(14)10-8(12)9(13-16-10)7-5-3-2-4-6-7/h2-6,11,14H,1H3. The molecule has 0 bridgehead atoms. The molecule has 1 aromatic heterocycles. The van der Waals surface area contributed by atoms with Crippen LogP contribution in [0.2, 0.25) is 0 Å². The third-order valence-electron chi connectivity index (χ3n) is 2.15. The molecule has 0 radical (unpaired) electrons. The van der Waals surface area contributed by atoms with E-state index in [-0.39, 0.29) is 11.5 Å². The molecule has 1 unspecified atom stereocenters. The minimum atomic E-state index is -1.44. The number of hydrogen-bond donors (Lipinski definition) is 1. The van der Waals surface area contributed by atoms with Gasteiger partial charge in [0.25, 0.3) is 0 Å². The van der Waals surface area contributed by atoms with Gasteiger partial charge in [0.2, 0.25) is 12.1 Å². The van der Waals surface area contributed by atoms with Crippen LogP contribution in [0.15, 0.2) is 34.9 Å². The van der Waals surface area contributed by atoms with Crippen molar-refractivity contribution in [2.45, 2.75) is 6.29 Å². The van der Waals surface area contributed by atoms with Gasteiger partial charge in [-0.25, -0.2) is 4.39 Å². The van der Waals surface area contributed by atoms with Crippen molar-refractivity contribution in [3.63, 3.8) is 0 Å². The molecule has 0 amide bonds. The molecular formula is C11H10FNO3. The Kier molecular flexibility index (Phi) is 2.98. The number of ether oxygens (including phenoxy) is 1. The van der Waals surface area contributed by atoms with Gasteiger partial charge in [0.15, 0.2) is 5.82 Å². The number of aliphatic hydroxyl groups is 1. The van der Waals surface area contributed by atoms with E-state index in [1.807, 2.05) is 6.07 Å². The summed E-state index contributed by atoms with van der Waals surface area (Å²) in [6.07, 6.45) is -1.44. The van der Waals surface area contributed by atoms with Crippen molar-refractivity contribution in [2.24, 2.45) is 0 Å². The molecule has 1 heterocycles. The Morgan fingerprint density at radius 2 is 2.06 bits per heavy atom. The zero-order chi connectivity index (χ0) is 11.5. The number of methoxy groups -OCH3 is 1. The maximum absolute atomic E-state index is 13.8. The van der Waals surface area contributed by atoms with Gasteiger partial charge in [-0.3, -0.25) is 0 Å². The summed E-state index contributed by atoms with van der Waals surface area (Å²) in [5.74, 6) is -1.03. The van der Waals surface area contributed by atoms with Gasteiger partial charge in [-0.05, 0) is 0 Å². The van der Waals surface area contributed by atoms with Crippen LogP contribution in [-0.4, -0.2) is 17.4 Å². The first kappa shape index (κ1) is 10.8. The number of aliphatic hydroxyl groups excluding tert-OH is 1. The highest BCUT2D eigenvalue weighted by atomic mass is 19.1. The smallest absolute Gasteiger partial charge is 0.228 e. The molecule has 1 aromatic carbocycles. The highest BCUT2D eigenvalue weighted by Gasteiger charge is 2.23. The van der Waals surface area contributed by atoms with E-state index in [1.54, 1.807) is 24.3 Å². The number of aromatic nitrogens is 1. The first-order chi connectivity index (χ1) is 7.74. The van der Waals surface area contributed by atoms with Gasteiger partial charge >= 0.3 is 0 Å². The minimum absolute atomic E-state index is 0.0618. The molecule has 2 aromatic rings. The van der Waals surface area contributed by atoms with Gasteiger partial charge in [-0.1, -0.05) is 35.5 Å². The lowest BCUT2D eigenvalue weighted by Gasteiger charge is -2.02. The Hall–Kier alpha value is -1.72. The summed E-state index contributed by atoms with van der Waals surface area (Å²) in [6, 6.07) is 8.73. The molecule has 0 aliphatic heterocycles. The van der Waals surface area contributed by atoms with E-state index < -0.39 is 12.1 Å². The van der Waals surface area contributed by atoms with Crippen LogP contribution < -0.4 is 0 Å². The van der Waals surface area contributed by atoms with E-state index in [9.17, 15) is 9.50 Å². The third kappa shape index (κ3) is 1.82. The molecule has 16 heavy (non-hydrogen) atoms. The Morgan fingerprint density at radius 3 is 2.69 bits per heavy atom. The molecule has 5 heteroatoms. The molecule has 0 aliphatic rings. The molecule has 0 aliphatic carbocycles. The van der Waals surface area contributed by atoms with Crippen molar-refractivity contribution in [1.82, 2.24) is 5.16 Å². The second kappa shape index (κ2) is 4.42. The van der Waals surface area contributed by atoms with Crippen molar-refractivity contribution >= 4 is 0 Å². The van der Waals surface area contributed by atoms with Gasteiger partial charge in [0.1, 0.15) is 5.69 Å². The van der Waals surface area contributed by atoms with Crippen LogP contribution in [0.25, 0.3) is 11.3 Å². The Morgan fingerprint density at radius 1 is 1.38 bits per heavy atom. The molecule has 84 valence electrons. The lowest BCUT2D eigenvalue weighted by Crippen LogP contribution is -2.00. The molecule has 1 atom stereocenters. The molecule has 0 saturated carbocycles. The van der Waals surface area contributed by atoms with Gasteiger partial charge in [0, 0.05) is 12.7 Å². The van der Waals surface area contributed by atoms with Gasteiger partial charge in [-0.15, -0.1) is 0 Å². The number of rotatable bonds is 3. The van der Waals surface area contributed by atoms with Crippen molar-refractivity contribution in [3.05, 3.63) is 41.9 Å². The summed E-state index contributed by atoms with van der Waals surface area (Å²) in [5, 5.41) is 12.8. The SMILES string of the molecule is COC(O)c1onc(-c2ccccc2)c1F. The summed E-state index contributed by atoms with van der Waals surface area (Å²) >= 11 is 0. The van der Waals surface area contributed by atoms with E-state index in [0.717, 1.165) is 0 Å². The average Bonchev–Trinajstić information content (AvgIpc) is 2.71. The number of halogens is 1. The maximum Gasteiger partial charge on any atom is 0.228 e. The van der Waals surface area contributed by atoms with Crippen molar-refractivity contribution in [1.29, 1.82) is 0 Å². The van der Waals surface area contributed by atoms with Gasteiger partial charge in [0.05, 0.1) is 0 Å². The quantitative estimate of drug-likeness (QED) is 0.810. The summed E-state index contributed by atoms with van der Waals surface area (Å²) < 4.78 is 23.0. The van der Waals surface area contributed by atoms with Crippen molar-refractivity contribution < 1.29 is 18.8 Å². The normalized spacial score (nSPS) is 12.7. The summed E-state index contributed by atoms with van der Waals surface area (Å²) in [4.78, 5) is 0. The molecule has 4 nitrogen and oxygen atoms in total. The number of benzene rings is 1. The second-order valence-electron chi connectivity index (χ2n) is 3.16. The van der Waals surface area contributed by atoms with E-state index in [4.69, 9.17) is 4.52 Å². The molecule has 0 saturated heterocycles. The predicted molar refractivity (Wildman–Crippen MR) is 53.9 cm³/mol. The lowest BCUT2D eigenvalue weighted by molar-refractivity contribution is -0.0952. The van der Waals surface area contributed by atoms with Gasteiger partial charge in [-0.2, -0.15) is 0 Å². The Bertz CT molecular complexity index is 469. The van der Waals surface area contributed by atoms with Gasteiger partial charge < -0.3 is 14.4 Å². The molecule has 1 N–H and O–H groups in total.